The number of hydrogen-bond acceptors (Lipinski definition) is 2. The molecule has 1 heterocycles. The monoisotopic (exact) mass is 321 g/mol. The Morgan fingerprint density at radius 3 is 2.48 bits per heavy atom. The molecule has 0 bridgehead atoms. The second-order valence-corrected chi connectivity index (χ2v) is 5.59. The Hall–Kier alpha value is -1.51. The first-order valence-electron chi connectivity index (χ1n) is 6.83. The van der Waals surface area contributed by atoms with E-state index in [1.807, 2.05) is 43.3 Å². The molecule has 2 aromatic rings. The van der Waals surface area contributed by atoms with Crippen molar-refractivity contribution in [1.82, 2.24) is 4.98 Å². The largest absolute Gasteiger partial charge is 0.491 e. The summed E-state index contributed by atoms with van der Waals surface area (Å²) in [7, 11) is 0. The highest BCUT2D eigenvalue weighted by molar-refractivity contribution is 6.34. The second-order valence-electron chi connectivity index (χ2n) is 4.72. The molecule has 1 aromatic carbocycles. The van der Waals surface area contributed by atoms with Crippen molar-refractivity contribution in [2.75, 3.05) is 6.61 Å². The number of rotatable bonds is 5. The summed E-state index contributed by atoms with van der Waals surface area (Å²) in [6.07, 6.45) is 4.80. The lowest BCUT2D eigenvalue weighted by Gasteiger charge is -2.08. The molecule has 0 saturated carbocycles. The van der Waals surface area contributed by atoms with Gasteiger partial charge in [-0.25, -0.2) is 4.98 Å². The topological polar surface area (TPSA) is 22.1 Å². The molecule has 0 aliphatic carbocycles. The summed E-state index contributed by atoms with van der Waals surface area (Å²) < 4.78 is 5.71. The first-order chi connectivity index (χ1) is 10.1. The van der Waals surface area contributed by atoms with Gasteiger partial charge < -0.3 is 4.74 Å². The van der Waals surface area contributed by atoms with Crippen molar-refractivity contribution >= 4 is 35.4 Å². The highest BCUT2D eigenvalue weighted by Crippen LogP contribution is 2.23. The van der Waals surface area contributed by atoms with E-state index in [9.17, 15) is 0 Å². The number of ether oxygens (including phenoxy) is 1. The van der Waals surface area contributed by atoms with Crippen molar-refractivity contribution in [2.24, 2.45) is 0 Å². The fourth-order valence-corrected chi connectivity index (χ4v) is 2.41. The Morgan fingerprint density at radius 2 is 1.81 bits per heavy atom. The van der Waals surface area contributed by atoms with Crippen LogP contribution in [-0.4, -0.2) is 11.6 Å². The van der Waals surface area contributed by atoms with Crippen LogP contribution in [0.4, 0.5) is 0 Å². The van der Waals surface area contributed by atoms with E-state index in [0.717, 1.165) is 29.1 Å². The average molecular weight is 322 g/mol. The number of nitrogens with zero attached hydrogens (tertiary/aromatic N) is 1. The van der Waals surface area contributed by atoms with Gasteiger partial charge in [-0.2, -0.15) is 0 Å². The third-order valence-electron chi connectivity index (χ3n) is 2.81. The van der Waals surface area contributed by atoms with Gasteiger partial charge in [-0.1, -0.05) is 36.2 Å². The van der Waals surface area contributed by atoms with E-state index in [1.165, 1.54) is 0 Å². The average Bonchev–Trinajstić information content (AvgIpc) is 2.43. The van der Waals surface area contributed by atoms with E-state index in [0.29, 0.717) is 16.7 Å². The highest BCUT2D eigenvalue weighted by Gasteiger charge is 2.03. The maximum atomic E-state index is 6.00. The molecule has 0 radical (unpaired) electrons. The molecule has 0 aliphatic heterocycles. The molecule has 2 nitrogen and oxygen atoms in total. The highest BCUT2D eigenvalue weighted by atomic mass is 35.5. The Morgan fingerprint density at radius 1 is 1.10 bits per heavy atom. The smallest absolute Gasteiger partial charge is 0.144 e. The third kappa shape index (κ3) is 4.76. The molecule has 0 spiro atoms. The van der Waals surface area contributed by atoms with Crippen LogP contribution < -0.4 is 4.74 Å². The number of pyridine rings is 1. The molecule has 0 atom stereocenters. The molecular formula is C17H17Cl2NO. The van der Waals surface area contributed by atoms with E-state index in [4.69, 9.17) is 27.9 Å². The van der Waals surface area contributed by atoms with E-state index >= 15 is 0 Å². The normalized spacial score (nSPS) is 11.0. The molecular weight excluding hydrogens is 305 g/mol. The van der Waals surface area contributed by atoms with Gasteiger partial charge in [0.2, 0.25) is 0 Å². The molecule has 0 N–H and O–H groups in total. The zero-order chi connectivity index (χ0) is 15.2. The van der Waals surface area contributed by atoms with E-state index < -0.39 is 0 Å². The molecule has 0 fully saturated rings. The van der Waals surface area contributed by atoms with Crippen molar-refractivity contribution in [1.29, 1.82) is 0 Å². The first kappa shape index (κ1) is 15.9. The Labute approximate surface area is 135 Å². The molecule has 0 aliphatic rings. The van der Waals surface area contributed by atoms with Crippen molar-refractivity contribution < 1.29 is 4.74 Å². The maximum Gasteiger partial charge on any atom is 0.144 e. The fraction of sp³-hybridized carbons (Fsp3) is 0.235. The lowest BCUT2D eigenvalue weighted by atomic mass is 10.2. The Bertz CT molecular complexity index is 633. The Balaban J connectivity index is 2.28. The Kier molecular flexibility index (Phi) is 5.66. The molecule has 0 amide bonds. The van der Waals surface area contributed by atoms with Crippen LogP contribution in [0.25, 0.3) is 12.2 Å². The van der Waals surface area contributed by atoms with Gasteiger partial charge in [-0.05, 0) is 55.3 Å². The van der Waals surface area contributed by atoms with Gasteiger partial charge in [0.15, 0.2) is 0 Å². The van der Waals surface area contributed by atoms with Gasteiger partial charge in [0.1, 0.15) is 11.4 Å². The zero-order valence-corrected chi connectivity index (χ0v) is 13.6. The van der Waals surface area contributed by atoms with Crippen LogP contribution in [0.3, 0.4) is 0 Å². The van der Waals surface area contributed by atoms with Crippen LogP contribution in [0.15, 0.2) is 30.3 Å². The molecule has 4 heteroatoms. The fourth-order valence-electron chi connectivity index (χ4n) is 1.86. The van der Waals surface area contributed by atoms with Gasteiger partial charge >= 0.3 is 0 Å². The zero-order valence-electron chi connectivity index (χ0n) is 12.1. The van der Waals surface area contributed by atoms with E-state index in [2.05, 4.69) is 11.9 Å². The quantitative estimate of drug-likeness (QED) is 0.709. The van der Waals surface area contributed by atoms with Gasteiger partial charge in [0, 0.05) is 15.7 Å². The minimum absolute atomic E-state index is 0.613. The van der Waals surface area contributed by atoms with Gasteiger partial charge in [-0.3, -0.25) is 0 Å². The second kappa shape index (κ2) is 7.48. The number of halogens is 2. The maximum absolute atomic E-state index is 6.00. The van der Waals surface area contributed by atoms with Crippen LogP contribution in [0.2, 0.25) is 10.0 Å². The van der Waals surface area contributed by atoms with Crippen molar-refractivity contribution in [3.8, 4) is 5.75 Å². The molecule has 21 heavy (non-hydrogen) atoms. The van der Waals surface area contributed by atoms with Gasteiger partial charge in [0.05, 0.1) is 6.61 Å². The molecule has 2 rings (SSSR count). The summed E-state index contributed by atoms with van der Waals surface area (Å²) in [5, 5.41) is 1.23. The standard InChI is InChI=1S/C17H17Cl2NO/c1-3-8-21-17-7-4-12(2)20-16(17)6-5-13-9-14(18)11-15(19)10-13/h4-7,9-11H,3,8H2,1-2H3. The van der Waals surface area contributed by atoms with E-state index in [-0.39, 0.29) is 0 Å². The lowest BCUT2D eigenvalue weighted by Crippen LogP contribution is -1.99. The van der Waals surface area contributed by atoms with Crippen LogP contribution in [-0.2, 0) is 0 Å². The first-order valence-corrected chi connectivity index (χ1v) is 7.58. The minimum atomic E-state index is 0.613. The summed E-state index contributed by atoms with van der Waals surface area (Å²) in [5.74, 6) is 0.784. The number of hydrogen-bond donors (Lipinski definition) is 0. The van der Waals surface area contributed by atoms with Crippen molar-refractivity contribution in [3.05, 3.63) is 57.3 Å². The SMILES string of the molecule is CCCOc1ccc(C)nc1C=Cc1cc(Cl)cc(Cl)c1. The number of aromatic nitrogens is 1. The summed E-state index contributed by atoms with van der Waals surface area (Å²) in [6.45, 7) is 4.71. The number of aryl methyl sites for hydroxylation is 1. The van der Waals surface area contributed by atoms with Crippen LogP contribution in [0, 0.1) is 6.92 Å². The number of benzene rings is 1. The molecule has 1 aromatic heterocycles. The van der Waals surface area contributed by atoms with Gasteiger partial charge in [0.25, 0.3) is 0 Å². The summed E-state index contributed by atoms with van der Waals surface area (Å²) in [6, 6.07) is 9.31. The van der Waals surface area contributed by atoms with E-state index in [1.54, 1.807) is 6.07 Å². The molecule has 0 saturated heterocycles. The summed E-state index contributed by atoms with van der Waals surface area (Å²) in [4.78, 5) is 4.51. The van der Waals surface area contributed by atoms with Crippen LogP contribution >= 0.6 is 23.2 Å². The van der Waals surface area contributed by atoms with Crippen LogP contribution in [0.1, 0.15) is 30.3 Å². The third-order valence-corrected chi connectivity index (χ3v) is 3.24. The van der Waals surface area contributed by atoms with Gasteiger partial charge in [-0.15, -0.1) is 0 Å². The molecule has 110 valence electrons. The van der Waals surface area contributed by atoms with Crippen molar-refractivity contribution in [3.63, 3.8) is 0 Å². The lowest BCUT2D eigenvalue weighted by molar-refractivity contribution is 0.315. The molecule has 0 unspecified atom stereocenters. The summed E-state index contributed by atoms with van der Waals surface area (Å²) in [5.41, 5.74) is 2.68. The van der Waals surface area contributed by atoms with Crippen molar-refractivity contribution in [2.45, 2.75) is 20.3 Å². The summed E-state index contributed by atoms with van der Waals surface area (Å²) >= 11 is 12.0. The predicted octanol–water partition coefficient (Wildman–Crippen LogP) is 5.66. The van der Waals surface area contributed by atoms with Crippen LogP contribution in [0.5, 0.6) is 5.75 Å². The predicted molar refractivity (Wildman–Crippen MR) is 90.2 cm³/mol. The minimum Gasteiger partial charge on any atom is -0.491 e.